The summed E-state index contributed by atoms with van der Waals surface area (Å²) in [5.41, 5.74) is 5.80. The van der Waals surface area contributed by atoms with Crippen LogP contribution in [-0.4, -0.2) is 32.0 Å². The maximum atomic E-state index is 13.7. The number of halogens is 1. The van der Waals surface area contributed by atoms with Crippen LogP contribution in [0.25, 0.3) is 37.5 Å². The van der Waals surface area contributed by atoms with Crippen LogP contribution in [0.5, 0.6) is 0 Å². The van der Waals surface area contributed by atoms with E-state index in [4.69, 9.17) is 16.6 Å². The Morgan fingerprint density at radius 2 is 1.89 bits per heavy atom. The number of aliphatic imine (C=N–C) groups is 1. The molecule has 0 fully saturated rings. The van der Waals surface area contributed by atoms with Crippen LogP contribution in [0, 0.1) is 0 Å². The standard InChI is InChI=1S/C28H22ClN5OS/c1-17(30-14-13-19-16-31-22-12-11-20(29)15-21(19)22)25-26(18-7-3-2-4-8-18)33-34(27(25)35)28-32-23-9-5-6-10-24(23)36-28/h2-12,15-16,31,33H,13-14H2,1H3. The summed E-state index contributed by atoms with van der Waals surface area (Å²) in [6.45, 7) is 2.44. The highest BCUT2D eigenvalue weighted by Crippen LogP contribution is 2.27. The fourth-order valence-electron chi connectivity index (χ4n) is 4.46. The van der Waals surface area contributed by atoms with Crippen LogP contribution in [0.3, 0.4) is 0 Å². The average Bonchev–Trinajstić information content (AvgIpc) is 3.59. The van der Waals surface area contributed by atoms with Gasteiger partial charge in [0.05, 0.1) is 21.5 Å². The molecule has 3 heterocycles. The Morgan fingerprint density at radius 1 is 1.08 bits per heavy atom. The number of rotatable bonds is 6. The van der Waals surface area contributed by atoms with Crippen molar-refractivity contribution in [3.05, 3.63) is 105 Å². The molecule has 0 saturated carbocycles. The zero-order chi connectivity index (χ0) is 24.6. The number of aromatic amines is 2. The Balaban J connectivity index is 1.38. The summed E-state index contributed by atoms with van der Waals surface area (Å²) in [6, 6.07) is 23.6. The highest BCUT2D eigenvalue weighted by molar-refractivity contribution is 7.20. The van der Waals surface area contributed by atoms with E-state index in [1.54, 1.807) is 0 Å². The topological polar surface area (TPSA) is 78.8 Å². The largest absolute Gasteiger partial charge is 0.361 e. The third kappa shape index (κ3) is 4.06. The van der Waals surface area contributed by atoms with Crippen molar-refractivity contribution in [2.45, 2.75) is 13.3 Å². The predicted molar refractivity (Wildman–Crippen MR) is 149 cm³/mol. The molecule has 0 bridgehead atoms. The molecule has 6 aromatic rings. The fraction of sp³-hybridized carbons (Fsp3) is 0.107. The van der Waals surface area contributed by atoms with Crippen molar-refractivity contribution in [2.24, 2.45) is 4.99 Å². The smallest absolute Gasteiger partial charge is 0.283 e. The lowest BCUT2D eigenvalue weighted by Crippen LogP contribution is -2.19. The molecule has 0 aliphatic rings. The van der Waals surface area contributed by atoms with E-state index >= 15 is 0 Å². The quantitative estimate of drug-likeness (QED) is 0.246. The molecule has 0 aliphatic carbocycles. The number of aromatic nitrogens is 4. The summed E-state index contributed by atoms with van der Waals surface area (Å²) in [5.74, 6) is 0. The Labute approximate surface area is 215 Å². The molecular formula is C28H22ClN5OS. The van der Waals surface area contributed by atoms with E-state index < -0.39 is 0 Å². The van der Waals surface area contributed by atoms with Gasteiger partial charge in [0.1, 0.15) is 0 Å². The second-order valence-corrected chi connectivity index (χ2v) is 10.00. The number of benzene rings is 3. The molecule has 0 unspecified atom stereocenters. The summed E-state index contributed by atoms with van der Waals surface area (Å²) < 4.78 is 2.56. The monoisotopic (exact) mass is 511 g/mol. The maximum Gasteiger partial charge on any atom is 0.283 e. The maximum absolute atomic E-state index is 13.7. The minimum atomic E-state index is -0.159. The van der Waals surface area contributed by atoms with E-state index in [-0.39, 0.29) is 5.56 Å². The van der Waals surface area contributed by atoms with Crippen molar-refractivity contribution in [3.63, 3.8) is 0 Å². The summed E-state index contributed by atoms with van der Waals surface area (Å²) in [6.07, 6.45) is 2.73. The predicted octanol–water partition coefficient (Wildman–Crippen LogP) is 6.63. The lowest BCUT2D eigenvalue weighted by atomic mass is 10.1. The molecule has 6 nitrogen and oxygen atoms in total. The van der Waals surface area contributed by atoms with Gasteiger partial charge in [0.25, 0.3) is 5.56 Å². The number of nitrogens with zero attached hydrogens (tertiary/aromatic N) is 3. The molecule has 3 aromatic heterocycles. The van der Waals surface area contributed by atoms with Gasteiger partial charge in [0, 0.05) is 39.9 Å². The number of hydrogen-bond donors (Lipinski definition) is 2. The van der Waals surface area contributed by atoms with Crippen molar-refractivity contribution >= 4 is 49.8 Å². The first-order valence-corrected chi connectivity index (χ1v) is 12.8. The average molecular weight is 512 g/mol. The van der Waals surface area contributed by atoms with Crippen molar-refractivity contribution in [2.75, 3.05) is 6.54 Å². The lowest BCUT2D eigenvalue weighted by molar-refractivity contribution is 0.845. The second-order valence-electron chi connectivity index (χ2n) is 8.55. The molecule has 6 rings (SSSR count). The SMILES string of the molecule is CC(=NCCc1c[nH]c2ccc(Cl)cc12)c1c(-c2ccccc2)[nH]n(-c2nc3ccccc3s2)c1=O. The van der Waals surface area contributed by atoms with E-state index in [0.717, 1.165) is 44.4 Å². The van der Waals surface area contributed by atoms with Crippen molar-refractivity contribution in [3.8, 4) is 16.4 Å². The van der Waals surface area contributed by atoms with Crippen molar-refractivity contribution in [1.82, 2.24) is 19.7 Å². The number of para-hydroxylation sites is 1. The van der Waals surface area contributed by atoms with Gasteiger partial charge < -0.3 is 4.98 Å². The second kappa shape index (κ2) is 9.26. The molecule has 0 amide bonds. The zero-order valence-corrected chi connectivity index (χ0v) is 21.0. The van der Waals surface area contributed by atoms with Gasteiger partial charge in [-0.15, -0.1) is 0 Å². The molecular weight excluding hydrogens is 490 g/mol. The van der Waals surface area contributed by atoms with E-state index in [1.165, 1.54) is 16.0 Å². The summed E-state index contributed by atoms with van der Waals surface area (Å²) >= 11 is 7.68. The van der Waals surface area contributed by atoms with Crippen LogP contribution in [0.15, 0.2) is 88.8 Å². The summed E-state index contributed by atoms with van der Waals surface area (Å²) in [7, 11) is 0. The molecule has 0 saturated heterocycles. The third-order valence-electron chi connectivity index (χ3n) is 6.25. The lowest BCUT2D eigenvalue weighted by Gasteiger charge is -2.03. The number of hydrogen-bond acceptors (Lipinski definition) is 4. The number of nitrogens with one attached hydrogen (secondary N) is 2. The first-order valence-electron chi connectivity index (χ1n) is 11.6. The highest BCUT2D eigenvalue weighted by Gasteiger charge is 2.21. The number of fused-ring (bicyclic) bond motifs is 2. The molecule has 0 spiro atoms. The Morgan fingerprint density at radius 3 is 2.72 bits per heavy atom. The molecule has 0 aliphatic heterocycles. The van der Waals surface area contributed by atoms with Crippen molar-refractivity contribution in [1.29, 1.82) is 0 Å². The molecule has 36 heavy (non-hydrogen) atoms. The van der Waals surface area contributed by atoms with Gasteiger partial charge in [0.2, 0.25) is 5.13 Å². The minimum Gasteiger partial charge on any atom is -0.361 e. The van der Waals surface area contributed by atoms with Gasteiger partial charge in [-0.05, 0) is 49.2 Å². The first-order chi connectivity index (χ1) is 17.6. The van der Waals surface area contributed by atoms with Gasteiger partial charge in [-0.25, -0.2) is 4.98 Å². The van der Waals surface area contributed by atoms with Crippen LogP contribution in [-0.2, 0) is 6.42 Å². The van der Waals surface area contributed by atoms with Crippen LogP contribution >= 0.6 is 22.9 Å². The summed E-state index contributed by atoms with van der Waals surface area (Å²) in [5, 5.41) is 5.72. The minimum absolute atomic E-state index is 0.159. The van der Waals surface area contributed by atoms with Crippen LogP contribution in [0.2, 0.25) is 5.02 Å². The van der Waals surface area contributed by atoms with E-state index in [1.807, 2.05) is 85.9 Å². The molecule has 178 valence electrons. The Kier molecular flexibility index (Phi) is 5.79. The molecule has 0 radical (unpaired) electrons. The molecule has 8 heteroatoms. The van der Waals surface area contributed by atoms with Crippen LogP contribution in [0.4, 0.5) is 0 Å². The van der Waals surface area contributed by atoms with Gasteiger partial charge in [-0.2, -0.15) is 4.68 Å². The number of H-pyrrole nitrogens is 2. The van der Waals surface area contributed by atoms with E-state index in [9.17, 15) is 4.79 Å². The normalized spacial score (nSPS) is 12.1. The fourth-order valence-corrected chi connectivity index (χ4v) is 5.56. The zero-order valence-electron chi connectivity index (χ0n) is 19.5. The van der Waals surface area contributed by atoms with Gasteiger partial charge >= 0.3 is 0 Å². The van der Waals surface area contributed by atoms with E-state index in [0.29, 0.717) is 28.0 Å². The molecule has 2 N–H and O–H groups in total. The molecule has 0 atom stereocenters. The third-order valence-corrected chi connectivity index (χ3v) is 7.50. The van der Waals surface area contributed by atoms with Gasteiger partial charge in [-0.1, -0.05) is 65.4 Å². The van der Waals surface area contributed by atoms with Gasteiger partial charge in [-0.3, -0.25) is 14.9 Å². The Hall–Kier alpha value is -3.94. The first kappa shape index (κ1) is 22.5. The van der Waals surface area contributed by atoms with Gasteiger partial charge in [0.15, 0.2) is 0 Å². The highest BCUT2D eigenvalue weighted by atomic mass is 35.5. The summed E-state index contributed by atoms with van der Waals surface area (Å²) in [4.78, 5) is 26.5. The number of thiazole rings is 1. The van der Waals surface area contributed by atoms with Crippen molar-refractivity contribution < 1.29 is 0 Å². The van der Waals surface area contributed by atoms with E-state index in [2.05, 4.69) is 15.1 Å². The molecule has 3 aromatic carbocycles. The van der Waals surface area contributed by atoms with Crippen LogP contribution in [0.1, 0.15) is 18.1 Å². The van der Waals surface area contributed by atoms with Crippen LogP contribution < -0.4 is 5.56 Å². The Bertz CT molecular complexity index is 1760.